The van der Waals surface area contributed by atoms with Gasteiger partial charge in [0.25, 0.3) is 0 Å². The van der Waals surface area contributed by atoms with Crippen LogP contribution in [0.5, 0.6) is 5.88 Å². The summed E-state index contributed by atoms with van der Waals surface area (Å²) in [5, 5.41) is 0. The van der Waals surface area contributed by atoms with E-state index in [4.69, 9.17) is 9.47 Å². The number of nitrogens with zero attached hydrogens (tertiary/aromatic N) is 5. The van der Waals surface area contributed by atoms with Crippen molar-refractivity contribution in [2.24, 2.45) is 5.92 Å². The summed E-state index contributed by atoms with van der Waals surface area (Å²) in [7, 11) is 0. The minimum atomic E-state index is -0.0364. The fourth-order valence-electron chi connectivity index (χ4n) is 3.68. The van der Waals surface area contributed by atoms with Crippen LogP contribution in [0.25, 0.3) is 0 Å². The fourth-order valence-corrected chi connectivity index (χ4v) is 3.68. The van der Waals surface area contributed by atoms with Crippen LogP contribution >= 0.6 is 0 Å². The van der Waals surface area contributed by atoms with Crippen LogP contribution in [0.1, 0.15) is 25.0 Å². The molecular formula is C18H23N5O2. The van der Waals surface area contributed by atoms with Gasteiger partial charge in [-0.1, -0.05) is 0 Å². The van der Waals surface area contributed by atoms with Gasteiger partial charge in [0.05, 0.1) is 31.6 Å². The molecule has 0 unspecified atom stereocenters. The maximum absolute atomic E-state index is 6.10. The molecule has 2 aliphatic heterocycles. The van der Waals surface area contributed by atoms with Crippen LogP contribution in [0, 0.1) is 12.8 Å². The van der Waals surface area contributed by atoms with Crippen molar-refractivity contribution in [3.05, 3.63) is 36.5 Å². The van der Waals surface area contributed by atoms with E-state index in [2.05, 4.69) is 24.8 Å². The fraction of sp³-hybridized carbons (Fsp3) is 0.556. The molecule has 25 heavy (non-hydrogen) atoms. The quantitative estimate of drug-likeness (QED) is 0.824. The Bertz CT molecular complexity index is 706. The standard InChI is InChI=1S/C18H23N5O2/c1-14-10-19-11-16(22-14)24-7-3-15-4-8-25-18(9-15)12-23(13-18)17-20-5-2-6-21-17/h2,5-6,10-11,15H,3-4,7-9,12-13H2,1H3/t15-/m1/s1. The van der Waals surface area contributed by atoms with Crippen LogP contribution in [0.4, 0.5) is 5.95 Å². The molecule has 132 valence electrons. The molecule has 2 aliphatic rings. The van der Waals surface area contributed by atoms with E-state index in [0.29, 0.717) is 18.4 Å². The van der Waals surface area contributed by atoms with Gasteiger partial charge in [-0.2, -0.15) is 0 Å². The smallest absolute Gasteiger partial charge is 0.232 e. The first-order valence-corrected chi connectivity index (χ1v) is 8.80. The highest BCUT2D eigenvalue weighted by atomic mass is 16.5. The highest BCUT2D eigenvalue weighted by Gasteiger charge is 2.48. The van der Waals surface area contributed by atoms with Gasteiger partial charge in [0.1, 0.15) is 5.60 Å². The number of ether oxygens (including phenoxy) is 2. The van der Waals surface area contributed by atoms with Crippen molar-refractivity contribution in [1.29, 1.82) is 0 Å². The molecule has 7 heteroatoms. The van der Waals surface area contributed by atoms with Gasteiger partial charge in [0.15, 0.2) is 0 Å². The lowest BCUT2D eigenvalue weighted by atomic mass is 9.79. The molecule has 0 N–H and O–H groups in total. The zero-order valence-electron chi connectivity index (χ0n) is 14.5. The number of aromatic nitrogens is 4. The Morgan fingerprint density at radius 2 is 2.12 bits per heavy atom. The predicted molar refractivity (Wildman–Crippen MR) is 92.5 cm³/mol. The predicted octanol–water partition coefficient (Wildman–Crippen LogP) is 2.03. The molecule has 2 saturated heterocycles. The van der Waals surface area contributed by atoms with E-state index in [1.165, 1.54) is 0 Å². The van der Waals surface area contributed by atoms with Crippen molar-refractivity contribution in [3.63, 3.8) is 0 Å². The maximum atomic E-state index is 6.10. The highest BCUT2D eigenvalue weighted by Crippen LogP contribution is 2.39. The van der Waals surface area contributed by atoms with Gasteiger partial charge in [0, 0.05) is 25.2 Å². The summed E-state index contributed by atoms with van der Waals surface area (Å²) >= 11 is 0. The number of aryl methyl sites for hydroxylation is 1. The third-order valence-corrected chi connectivity index (χ3v) is 4.90. The molecule has 2 aromatic rings. The summed E-state index contributed by atoms with van der Waals surface area (Å²) in [5.41, 5.74) is 0.839. The SMILES string of the molecule is Cc1cncc(OCC[C@@H]2CCOC3(C2)CN(c2ncccn2)C3)n1. The second-order valence-corrected chi connectivity index (χ2v) is 6.93. The molecule has 0 saturated carbocycles. The van der Waals surface area contributed by atoms with Crippen molar-refractivity contribution in [3.8, 4) is 5.88 Å². The Labute approximate surface area is 147 Å². The van der Waals surface area contributed by atoms with Crippen LogP contribution < -0.4 is 9.64 Å². The monoisotopic (exact) mass is 341 g/mol. The van der Waals surface area contributed by atoms with Gasteiger partial charge in [-0.05, 0) is 38.2 Å². The number of hydrogen-bond acceptors (Lipinski definition) is 7. The molecule has 1 spiro atoms. The van der Waals surface area contributed by atoms with Crippen molar-refractivity contribution in [2.45, 2.75) is 31.8 Å². The van der Waals surface area contributed by atoms with Gasteiger partial charge >= 0.3 is 0 Å². The van der Waals surface area contributed by atoms with E-state index in [9.17, 15) is 0 Å². The first-order valence-electron chi connectivity index (χ1n) is 8.80. The van der Waals surface area contributed by atoms with Crippen molar-refractivity contribution < 1.29 is 9.47 Å². The van der Waals surface area contributed by atoms with Crippen LogP contribution in [-0.4, -0.2) is 51.8 Å². The van der Waals surface area contributed by atoms with Crippen molar-refractivity contribution >= 4 is 5.95 Å². The lowest BCUT2D eigenvalue weighted by Crippen LogP contribution is -2.66. The summed E-state index contributed by atoms with van der Waals surface area (Å²) in [6.45, 7) is 5.15. The number of anilines is 1. The minimum absolute atomic E-state index is 0.0364. The summed E-state index contributed by atoms with van der Waals surface area (Å²) in [5.74, 6) is 2.02. The Morgan fingerprint density at radius 1 is 1.28 bits per heavy atom. The summed E-state index contributed by atoms with van der Waals surface area (Å²) in [4.78, 5) is 19.2. The van der Waals surface area contributed by atoms with E-state index in [1.807, 2.05) is 13.0 Å². The van der Waals surface area contributed by atoms with Gasteiger partial charge in [-0.25, -0.2) is 15.0 Å². The summed E-state index contributed by atoms with van der Waals surface area (Å²) < 4.78 is 11.9. The lowest BCUT2D eigenvalue weighted by molar-refractivity contribution is -0.115. The third kappa shape index (κ3) is 3.71. The molecule has 2 aromatic heterocycles. The molecule has 4 heterocycles. The van der Waals surface area contributed by atoms with Gasteiger partial charge in [-0.15, -0.1) is 0 Å². The van der Waals surface area contributed by atoms with E-state index in [0.717, 1.165) is 50.6 Å². The number of rotatable bonds is 5. The molecule has 1 atom stereocenters. The second kappa shape index (κ2) is 6.92. The third-order valence-electron chi connectivity index (χ3n) is 4.90. The molecule has 2 fully saturated rings. The average molecular weight is 341 g/mol. The Morgan fingerprint density at radius 3 is 2.92 bits per heavy atom. The zero-order valence-corrected chi connectivity index (χ0v) is 14.5. The van der Waals surface area contributed by atoms with E-state index in [-0.39, 0.29) is 5.60 Å². The van der Waals surface area contributed by atoms with E-state index >= 15 is 0 Å². The maximum Gasteiger partial charge on any atom is 0.232 e. The normalized spacial score (nSPS) is 21.8. The molecular weight excluding hydrogens is 318 g/mol. The number of hydrogen-bond donors (Lipinski definition) is 0. The molecule has 7 nitrogen and oxygen atoms in total. The molecule has 0 radical (unpaired) electrons. The van der Waals surface area contributed by atoms with Crippen LogP contribution in [0.2, 0.25) is 0 Å². The topological polar surface area (TPSA) is 73.3 Å². The van der Waals surface area contributed by atoms with E-state index in [1.54, 1.807) is 24.8 Å². The van der Waals surface area contributed by atoms with Gasteiger partial charge in [0.2, 0.25) is 11.8 Å². The Hall–Kier alpha value is -2.28. The summed E-state index contributed by atoms with van der Waals surface area (Å²) in [6.07, 6.45) is 10.1. The zero-order chi connectivity index (χ0) is 17.1. The first-order chi connectivity index (χ1) is 12.2. The van der Waals surface area contributed by atoms with Gasteiger partial charge in [-0.3, -0.25) is 4.98 Å². The lowest BCUT2D eigenvalue weighted by Gasteiger charge is -2.53. The Balaban J connectivity index is 1.26. The van der Waals surface area contributed by atoms with Crippen LogP contribution in [0.3, 0.4) is 0 Å². The average Bonchev–Trinajstić information content (AvgIpc) is 2.61. The molecule has 0 aliphatic carbocycles. The minimum Gasteiger partial charge on any atom is -0.477 e. The Kier molecular flexibility index (Phi) is 4.48. The van der Waals surface area contributed by atoms with Crippen LogP contribution in [-0.2, 0) is 4.74 Å². The van der Waals surface area contributed by atoms with Crippen molar-refractivity contribution in [2.75, 3.05) is 31.2 Å². The van der Waals surface area contributed by atoms with E-state index < -0.39 is 0 Å². The molecule has 0 amide bonds. The van der Waals surface area contributed by atoms with Crippen molar-refractivity contribution in [1.82, 2.24) is 19.9 Å². The first kappa shape index (κ1) is 16.2. The van der Waals surface area contributed by atoms with Crippen LogP contribution in [0.15, 0.2) is 30.9 Å². The second-order valence-electron chi connectivity index (χ2n) is 6.93. The summed E-state index contributed by atoms with van der Waals surface area (Å²) in [6, 6.07) is 1.84. The highest BCUT2D eigenvalue weighted by molar-refractivity contribution is 5.37. The molecule has 0 aromatic carbocycles. The largest absolute Gasteiger partial charge is 0.477 e. The van der Waals surface area contributed by atoms with Gasteiger partial charge < -0.3 is 14.4 Å². The molecule has 0 bridgehead atoms. The molecule has 4 rings (SSSR count).